The Morgan fingerprint density at radius 1 is 1.45 bits per heavy atom. The largest absolute Gasteiger partial charge is 0.496 e. The second-order valence-corrected chi connectivity index (χ2v) is 6.16. The topological polar surface area (TPSA) is 114 Å². The smallest absolute Gasteiger partial charge is 0.339 e. The highest BCUT2D eigenvalue weighted by Crippen LogP contribution is 2.24. The van der Waals surface area contributed by atoms with Gasteiger partial charge >= 0.3 is 11.6 Å². The Morgan fingerprint density at radius 2 is 2.09 bits per heavy atom. The molecule has 0 saturated carbocycles. The van der Waals surface area contributed by atoms with Gasteiger partial charge in [0.2, 0.25) is 0 Å². The van der Waals surface area contributed by atoms with Gasteiger partial charge in [0.05, 0.1) is 18.7 Å². The Morgan fingerprint density at radius 3 is 2.64 bits per heavy atom. The minimum absolute atomic E-state index is 0.0101. The lowest BCUT2D eigenvalue weighted by Gasteiger charge is -2.14. The number of carboxylic acid groups (broad SMARTS) is 1. The Bertz CT molecular complexity index is 608. The maximum absolute atomic E-state index is 12.3. The summed E-state index contributed by atoms with van der Waals surface area (Å²) in [6.45, 7) is 3.25. The molecule has 0 aliphatic rings. The summed E-state index contributed by atoms with van der Waals surface area (Å²) in [6, 6.07) is 1.10. The van der Waals surface area contributed by atoms with Crippen molar-refractivity contribution < 1.29 is 29.0 Å². The summed E-state index contributed by atoms with van der Waals surface area (Å²) in [5, 5.41) is 17.6. The molecule has 0 bridgehead atoms. The second kappa shape index (κ2) is 8.00. The molecule has 122 valence electrons. The van der Waals surface area contributed by atoms with E-state index in [1.165, 1.54) is 25.8 Å². The van der Waals surface area contributed by atoms with Crippen molar-refractivity contribution in [1.82, 2.24) is 0 Å². The molecule has 8 heteroatoms. The van der Waals surface area contributed by atoms with Crippen LogP contribution in [0.5, 0.6) is 5.75 Å². The normalized spacial score (nSPS) is 13.5. The quantitative estimate of drug-likeness (QED) is 0.681. The molecule has 0 amide bonds. The fourth-order valence-corrected chi connectivity index (χ4v) is 2.75. The number of aliphatic hydroxyl groups excluding tert-OH is 1. The fraction of sp³-hybridized carbons (Fsp3) is 0.500. The van der Waals surface area contributed by atoms with Gasteiger partial charge in [-0.15, -0.1) is 0 Å². The van der Waals surface area contributed by atoms with E-state index < -0.39 is 17.7 Å². The van der Waals surface area contributed by atoms with Crippen molar-refractivity contribution in [3.05, 3.63) is 27.8 Å². The Kier molecular flexibility index (Phi) is 6.63. The van der Waals surface area contributed by atoms with E-state index in [2.05, 4.69) is 0 Å². The van der Waals surface area contributed by atoms with Gasteiger partial charge in [-0.25, -0.2) is 9.59 Å². The number of aliphatic carboxylic acids is 1. The van der Waals surface area contributed by atoms with Crippen LogP contribution in [0.2, 0.25) is 0 Å². The van der Waals surface area contributed by atoms with E-state index in [9.17, 15) is 19.5 Å². The van der Waals surface area contributed by atoms with Crippen LogP contribution < -0.4 is 10.4 Å². The Balaban J connectivity index is 2.77. The second-order valence-electron chi connectivity index (χ2n) is 4.69. The minimum atomic E-state index is -1.46. The van der Waals surface area contributed by atoms with E-state index in [4.69, 9.17) is 14.3 Å². The number of carbonyl (C=O) groups excluding carboxylic acids is 1. The maximum Gasteiger partial charge on any atom is 0.339 e. The molecule has 1 aromatic rings. The van der Waals surface area contributed by atoms with Crippen LogP contribution in [-0.2, 0) is 4.79 Å². The Hall–Kier alpha value is -1.80. The van der Waals surface area contributed by atoms with Crippen LogP contribution in [0, 0.1) is 6.92 Å². The van der Waals surface area contributed by atoms with E-state index in [0.29, 0.717) is 0 Å². The monoisotopic (exact) mass is 330 g/mol. The molecule has 0 aliphatic carbocycles. The van der Waals surface area contributed by atoms with Crippen LogP contribution in [0.3, 0.4) is 0 Å². The third-order valence-corrected chi connectivity index (χ3v) is 4.14. The number of aliphatic hydroxyl groups is 1. The average molecular weight is 330 g/mol. The molecule has 0 aromatic carbocycles. The molecule has 0 spiro atoms. The summed E-state index contributed by atoms with van der Waals surface area (Å²) in [5.41, 5.74) is -0.397. The van der Waals surface area contributed by atoms with Gasteiger partial charge in [0.1, 0.15) is 11.5 Å². The van der Waals surface area contributed by atoms with Gasteiger partial charge in [-0.05, 0) is 6.92 Å². The highest BCUT2D eigenvalue weighted by atomic mass is 32.2. The predicted octanol–water partition coefficient (Wildman–Crippen LogP) is 1.10. The molecule has 0 radical (unpaired) electrons. The van der Waals surface area contributed by atoms with E-state index >= 15 is 0 Å². The van der Waals surface area contributed by atoms with Crippen LogP contribution in [0.25, 0.3) is 0 Å². The standard InChI is InChI=1S/C14H18O7S/c1-7(22-6-10(16)14(18)19)4-9(15)13-8(2)21-12(17)5-11(13)20-3/h5,7,10,16H,4,6H2,1-3H3,(H,18,19). The first-order valence-corrected chi connectivity index (χ1v) is 7.55. The number of hydrogen-bond donors (Lipinski definition) is 2. The van der Waals surface area contributed by atoms with E-state index in [0.717, 1.165) is 6.07 Å². The van der Waals surface area contributed by atoms with Crippen molar-refractivity contribution in [1.29, 1.82) is 0 Å². The molecule has 1 aromatic heterocycles. The average Bonchev–Trinajstić information content (AvgIpc) is 2.43. The van der Waals surface area contributed by atoms with Gasteiger partial charge in [-0.3, -0.25) is 4.79 Å². The van der Waals surface area contributed by atoms with Gasteiger partial charge in [-0.1, -0.05) is 6.92 Å². The number of Topliss-reactive ketones (excluding diaryl/α,β-unsaturated/α-hetero) is 1. The predicted molar refractivity (Wildman–Crippen MR) is 80.8 cm³/mol. The fourth-order valence-electron chi connectivity index (χ4n) is 1.83. The molecule has 2 N–H and O–H groups in total. The minimum Gasteiger partial charge on any atom is -0.496 e. The SMILES string of the molecule is COc1cc(=O)oc(C)c1C(=O)CC(C)SCC(O)C(=O)O. The van der Waals surface area contributed by atoms with Gasteiger partial charge in [0, 0.05) is 17.4 Å². The van der Waals surface area contributed by atoms with Crippen LogP contribution >= 0.6 is 11.8 Å². The van der Waals surface area contributed by atoms with Crippen molar-refractivity contribution in [3.63, 3.8) is 0 Å². The molecule has 1 rings (SSSR count). The lowest BCUT2D eigenvalue weighted by atomic mass is 10.1. The van der Waals surface area contributed by atoms with E-state index in [1.807, 2.05) is 0 Å². The number of carboxylic acids is 1. The molecular weight excluding hydrogens is 312 g/mol. The van der Waals surface area contributed by atoms with Crippen molar-refractivity contribution in [2.45, 2.75) is 31.6 Å². The van der Waals surface area contributed by atoms with Gasteiger partial charge in [-0.2, -0.15) is 11.8 Å². The number of hydrogen-bond acceptors (Lipinski definition) is 7. The van der Waals surface area contributed by atoms with Crippen LogP contribution in [-0.4, -0.2) is 46.2 Å². The molecular formula is C14H18O7S. The summed E-state index contributed by atoms with van der Waals surface area (Å²) >= 11 is 1.17. The third-order valence-electron chi connectivity index (χ3n) is 2.90. The Labute approximate surface area is 131 Å². The van der Waals surface area contributed by atoms with E-state index in [1.54, 1.807) is 6.92 Å². The zero-order valence-electron chi connectivity index (χ0n) is 12.5. The van der Waals surface area contributed by atoms with Crippen LogP contribution in [0.15, 0.2) is 15.3 Å². The lowest BCUT2D eigenvalue weighted by molar-refractivity contribution is -0.145. The summed E-state index contributed by atoms with van der Waals surface area (Å²) in [7, 11) is 1.35. The number of ether oxygens (including phenoxy) is 1. The number of rotatable bonds is 8. The first kappa shape index (κ1) is 18.2. The van der Waals surface area contributed by atoms with E-state index in [-0.39, 0.29) is 40.3 Å². The first-order valence-electron chi connectivity index (χ1n) is 6.50. The molecule has 7 nitrogen and oxygen atoms in total. The van der Waals surface area contributed by atoms with Gasteiger partial charge in [0.15, 0.2) is 11.9 Å². The zero-order chi connectivity index (χ0) is 16.9. The molecule has 0 aliphatic heterocycles. The maximum atomic E-state index is 12.3. The molecule has 1 heterocycles. The molecule has 0 saturated heterocycles. The van der Waals surface area contributed by atoms with Crippen molar-refractivity contribution >= 4 is 23.5 Å². The molecule has 2 atom stereocenters. The highest BCUT2D eigenvalue weighted by Gasteiger charge is 2.22. The number of carbonyl (C=O) groups is 2. The molecule has 0 fully saturated rings. The van der Waals surface area contributed by atoms with Crippen LogP contribution in [0.4, 0.5) is 0 Å². The summed E-state index contributed by atoms with van der Waals surface area (Å²) in [4.78, 5) is 34.1. The zero-order valence-corrected chi connectivity index (χ0v) is 13.3. The molecule has 2 unspecified atom stereocenters. The van der Waals surface area contributed by atoms with Crippen molar-refractivity contribution in [2.24, 2.45) is 0 Å². The van der Waals surface area contributed by atoms with Crippen LogP contribution in [0.1, 0.15) is 29.5 Å². The third kappa shape index (κ3) is 4.88. The van der Waals surface area contributed by atoms with Crippen molar-refractivity contribution in [2.75, 3.05) is 12.9 Å². The summed E-state index contributed by atoms with van der Waals surface area (Å²) in [6.07, 6.45) is -1.37. The lowest BCUT2D eigenvalue weighted by Crippen LogP contribution is -2.23. The van der Waals surface area contributed by atoms with Crippen molar-refractivity contribution in [3.8, 4) is 5.75 Å². The first-order chi connectivity index (χ1) is 10.3. The number of aryl methyl sites for hydroxylation is 1. The van der Waals surface area contributed by atoms with Gasteiger partial charge < -0.3 is 19.4 Å². The summed E-state index contributed by atoms with van der Waals surface area (Å²) in [5.74, 6) is -1.25. The summed E-state index contributed by atoms with van der Waals surface area (Å²) < 4.78 is 9.94. The highest BCUT2D eigenvalue weighted by molar-refractivity contribution is 7.99. The van der Waals surface area contributed by atoms with Gasteiger partial charge in [0.25, 0.3) is 0 Å². The number of ketones is 1. The molecule has 22 heavy (non-hydrogen) atoms. The number of thioether (sulfide) groups is 1. The number of methoxy groups -OCH3 is 1.